The smallest absolute Gasteiger partial charge is 0.218 e. The standard InChI is InChI=1S/C18H24N4O2.HI/c1-4-24-17-15(9-7-11-20-17)13-22-18(19-2)21-12-14-8-5-6-10-16(14)23-3;/h5-11H,4,12-13H2,1-3H3,(H2,19,21,22);1H. The van der Waals surface area contributed by atoms with E-state index in [9.17, 15) is 0 Å². The number of hydrogen-bond acceptors (Lipinski definition) is 4. The number of aromatic nitrogens is 1. The Hall–Kier alpha value is -2.03. The van der Waals surface area contributed by atoms with Crippen molar-refractivity contribution in [1.82, 2.24) is 15.6 Å². The second-order valence-electron chi connectivity index (χ2n) is 4.99. The van der Waals surface area contributed by atoms with Crippen LogP contribution in [-0.2, 0) is 13.1 Å². The SMILES string of the molecule is CCOc1ncccc1CNC(=NC)NCc1ccccc1OC.I. The lowest BCUT2D eigenvalue weighted by atomic mass is 10.2. The van der Waals surface area contributed by atoms with Crippen LogP contribution < -0.4 is 20.1 Å². The van der Waals surface area contributed by atoms with Crippen LogP contribution in [0.4, 0.5) is 0 Å². The third kappa shape index (κ3) is 6.41. The molecule has 0 atom stereocenters. The minimum atomic E-state index is 0. The first-order chi connectivity index (χ1) is 11.8. The average molecular weight is 456 g/mol. The van der Waals surface area contributed by atoms with E-state index in [-0.39, 0.29) is 24.0 Å². The maximum Gasteiger partial charge on any atom is 0.218 e. The first kappa shape index (κ1) is 21.0. The molecule has 7 heteroatoms. The van der Waals surface area contributed by atoms with Crippen molar-refractivity contribution in [2.24, 2.45) is 4.99 Å². The molecule has 2 N–H and O–H groups in total. The van der Waals surface area contributed by atoms with E-state index in [1.807, 2.05) is 43.3 Å². The maximum absolute atomic E-state index is 5.53. The molecule has 0 saturated carbocycles. The van der Waals surface area contributed by atoms with Crippen LogP contribution in [0.3, 0.4) is 0 Å². The van der Waals surface area contributed by atoms with Gasteiger partial charge in [-0.15, -0.1) is 24.0 Å². The van der Waals surface area contributed by atoms with Gasteiger partial charge in [0.05, 0.1) is 13.7 Å². The topological polar surface area (TPSA) is 67.8 Å². The molecule has 0 aliphatic rings. The van der Waals surface area contributed by atoms with E-state index in [0.29, 0.717) is 31.5 Å². The molecule has 1 aromatic heterocycles. The zero-order valence-corrected chi connectivity index (χ0v) is 17.1. The summed E-state index contributed by atoms with van der Waals surface area (Å²) in [6.07, 6.45) is 1.73. The van der Waals surface area contributed by atoms with Crippen LogP contribution in [0.15, 0.2) is 47.6 Å². The van der Waals surface area contributed by atoms with E-state index in [1.54, 1.807) is 20.4 Å². The van der Waals surface area contributed by atoms with Crippen molar-refractivity contribution in [2.75, 3.05) is 20.8 Å². The minimum absolute atomic E-state index is 0. The summed E-state index contributed by atoms with van der Waals surface area (Å²) >= 11 is 0. The van der Waals surface area contributed by atoms with Crippen LogP contribution in [0, 0.1) is 0 Å². The first-order valence-corrected chi connectivity index (χ1v) is 7.91. The number of halogens is 1. The van der Waals surface area contributed by atoms with Crippen molar-refractivity contribution in [2.45, 2.75) is 20.0 Å². The van der Waals surface area contributed by atoms with E-state index in [0.717, 1.165) is 16.9 Å². The van der Waals surface area contributed by atoms with Crippen LogP contribution in [0.1, 0.15) is 18.1 Å². The molecule has 0 radical (unpaired) electrons. The van der Waals surface area contributed by atoms with Gasteiger partial charge in [0.25, 0.3) is 0 Å². The van der Waals surface area contributed by atoms with Crippen LogP contribution >= 0.6 is 24.0 Å². The largest absolute Gasteiger partial charge is 0.496 e. The molecule has 0 bridgehead atoms. The van der Waals surface area contributed by atoms with E-state index in [1.165, 1.54) is 0 Å². The molecule has 2 aromatic rings. The van der Waals surface area contributed by atoms with Gasteiger partial charge in [0.1, 0.15) is 5.75 Å². The summed E-state index contributed by atoms with van der Waals surface area (Å²) in [5.74, 6) is 2.20. The molecule has 0 unspecified atom stereocenters. The lowest BCUT2D eigenvalue weighted by Gasteiger charge is -2.14. The van der Waals surface area contributed by atoms with Crippen LogP contribution in [0.5, 0.6) is 11.6 Å². The third-order valence-electron chi connectivity index (χ3n) is 3.44. The quantitative estimate of drug-likeness (QED) is 0.381. The Morgan fingerprint density at radius 3 is 2.44 bits per heavy atom. The Kier molecular flexibility index (Phi) is 9.68. The molecule has 0 spiro atoms. The van der Waals surface area contributed by atoms with Gasteiger partial charge < -0.3 is 20.1 Å². The number of benzene rings is 1. The van der Waals surface area contributed by atoms with Gasteiger partial charge >= 0.3 is 0 Å². The van der Waals surface area contributed by atoms with E-state index >= 15 is 0 Å². The highest BCUT2D eigenvalue weighted by Gasteiger charge is 2.06. The first-order valence-electron chi connectivity index (χ1n) is 7.91. The monoisotopic (exact) mass is 456 g/mol. The fraction of sp³-hybridized carbons (Fsp3) is 0.333. The maximum atomic E-state index is 5.53. The molecule has 0 fully saturated rings. The summed E-state index contributed by atoms with van der Waals surface area (Å²) in [6.45, 7) is 3.73. The molecule has 1 heterocycles. The van der Waals surface area contributed by atoms with Gasteiger partial charge in [-0.1, -0.05) is 24.3 Å². The summed E-state index contributed by atoms with van der Waals surface area (Å²) in [5.41, 5.74) is 2.05. The molecule has 136 valence electrons. The predicted octanol–water partition coefficient (Wildman–Crippen LogP) is 2.97. The fourth-order valence-electron chi connectivity index (χ4n) is 2.25. The second kappa shape index (κ2) is 11.5. The molecule has 0 aliphatic carbocycles. The van der Waals surface area contributed by atoms with E-state index in [2.05, 4.69) is 20.6 Å². The summed E-state index contributed by atoms with van der Waals surface area (Å²) in [5, 5.41) is 6.55. The minimum Gasteiger partial charge on any atom is -0.496 e. The number of guanidine groups is 1. The number of rotatable bonds is 7. The van der Waals surface area contributed by atoms with Gasteiger partial charge in [-0.2, -0.15) is 0 Å². The van der Waals surface area contributed by atoms with E-state index < -0.39 is 0 Å². The third-order valence-corrected chi connectivity index (χ3v) is 3.44. The lowest BCUT2D eigenvalue weighted by Crippen LogP contribution is -2.36. The number of nitrogens with one attached hydrogen (secondary N) is 2. The Balaban J connectivity index is 0.00000312. The number of ether oxygens (including phenoxy) is 2. The van der Waals surface area contributed by atoms with Gasteiger partial charge in [0, 0.05) is 37.5 Å². The van der Waals surface area contributed by atoms with Crippen molar-refractivity contribution in [1.29, 1.82) is 0 Å². The zero-order chi connectivity index (χ0) is 17.2. The van der Waals surface area contributed by atoms with Gasteiger partial charge in [-0.05, 0) is 19.1 Å². The van der Waals surface area contributed by atoms with Crippen LogP contribution in [-0.4, -0.2) is 31.7 Å². The molecule has 6 nitrogen and oxygen atoms in total. The Labute approximate surface area is 166 Å². The number of aliphatic imine (C=N–C) groups is 1. The van der Waals surface area contributed by atoms with Crippen LogP contribution in [0.25, 0.3) is 0 Å². The lowest BCUT2D eigenvalue weighted by molar-refractivity contribution is 0.322. The normalized spacial score (nSPS) is 10.6. The highest BCUT2D eigenvalue weighted by Crippen LogP contribution is 2.17. The summed E-state index contributed by atoms with van der Waals surface area (Å²) in [4.78, 5) is 8.49. The molecule has 0 amide bonds. The van der Waals surface area contributed by atoms with E-state index in [4.69, 9.17) is 9.47 Å². The van der Waals surface area contributed by atoms with Gasteiger partial charge in [-0.25, -0.2) is 4.98 Å². The molecular formula is C18H25IN4O2. The zero-order valence-electron chi connectivity index (χ0n) is 14.8. The van der Waals surface area contributed by atoms with Crippen molar-refractivity contribution in [3.8, 4) is 11.6 Å². The van der Waals surface area contributed by atoms with Crippen molar-refractivity contribution in [3.05, 3.63) is 53.7 Å². The number of hydrogen-bond donors (Lipinski definition) is 2. The number of para-hydroxylation sites is 1. The summed E-state index contributed by atoms with van der Waals surface area (Å²) in [7, 11) is 3.41. The molecule has 0 aliphatic heterocycles. The Bertz CT molecular complexity index is 680. The molecular weight excluding hydrogens is 431 g/mol. The highest BCUT2D eigenvalue weighted by molar-refractivity contribution is 14.0. The number of pyridine rings is 1. The number of methoxy groups -OCH3 is 1. The summed E-state index contributed by atoms with van der Waals surface area (Å²) in [6, 6.07) is 11.8. The summed E-state index contributed by atoms with van der Waals surface area (Å²) < 4.78 is 10.9. The molecule has 0 saturated heterocycles. The number of nitrogens with zero attached hydrogens (tertiary/aromatic N) is 2. The van der Waals surface area contributed by atoms with Crippen molar-refractivity contribution in [3.63, 3.8) is 0 Å². The van der Waals surface area contributed by atoms with Crippen molar-refractivity contribution < 1.29 is 9.47 Å². The van der Waals surface area contributed by atoms with Crippen molar-refractivity contribution >= 4 is 29.9 Å². The molecule has 2 rings (SSSR count). The highest BCUT2D eigenvalue weighted by atomic mass is 127. The fourth-order valence-corrected chi connectivity index (χ4v) is 2.25. The Morgan fingerprint density at radius 2 is 1.76 bits per heavy atom. The van der Waals surface area contributed by atoms with Gasteiger partial charge in [0.2, 0.25) is 5.88 Å². The predicted molar refractivity (Wildman–Crippen MR) is 111 cm³/mol. The second-order valence-corrected chi connectivity index (χ2v) is 4.99. The molecule has 1 aromatic carbocycles. The van der Waals surface area contributed by atoms with Gasteiger partial charge in [0.15, 0.2) is 5.96 Å². The average Bonchev–Trinajstić information content (AvgIpc) is 2.63. The van der Waals surface area contributed by atoms with Gasteiger partial charge in [-0.3, -0.25) is 4.99 Å². The Morgan fingerprint density at radius 1 is 1.08 bits per heavy atom. The van der Waals surface area contributed by atoms with Crippen LogP contribution in [0.2, 0.25) is 0 Å². The molecule has 25 heavy (non-hydrogen) atoms.